The summed E-state index contributed by atoms with van der Waals surface area (Å²) in [6.45, 7) is 16.6. The second-order valence-electron chi connectivity index (χ2n) is 15.4. The smallest absolute Gasteiger partial charge is 0.178 e. The van der Waals surface area contributed by atoms with Crippen molar-refractivity contribution in [3.63, 3.8) is 0 Å². The molecule has 5 rings (SSSR count). The van der Waals surface area contributed by atoms with E-state index in [4.69, 9.17) is 4.74 Å². The van der Waals surface area contributed by atoms with E-state index < -0.39 is 10.8 Å². The Morgan fingerprint density at radius 2 is 1.68 bits per heavy atom. The minimum Gasteiger partial charge on any atom is -0.385 e. The second-order valence-corrected chi connectivity index (χ2v) is 15.4. The Bertz CT molecular complexity index is 1140. The molecule has 0 aromatic rings. The first-order chi connectivity index (χ1) is 17.1. The summed E-state index contributed by atoms with van der Waals surface area (Å²) in [6.07, 6.45) is 12.7. The van der Waals surface area contributed by atoms with Gasteiger partial charge < -0.3 is 4.74 Å². The van der Waals surface area contributed by atoms with E-state index in [1.54, 1.807) is 7.11 Å². The van der Waals surface area contributed by atoms with E-state index >= 15 is 0 Å². The number of carbonyl (C=O) groups excluding carboxylic acids is 2. The zero-order chi connectivity index (χ0) is 27.2. The molecule has 5 aliphatic carbocycles. The Hall–Kier alpha value is -1.73. The summed E-state index contributed by atoms with van der Waals surface area (Å²) in [6, 6.07) is 2.21. The maximum absolute atomic E-state index is 14.4. The maximum atomic E-state index is 14.4. The first kappa shape index (κ1) is 26.9. The second kappa shape index (κ2) is 8.14. The zero-order valence-electron chi connectivity index (χ0n) is 24.4. The van der Waals surface area contributed by atoms with Crippen molar-refractivity contribution in [1.82, 2.24) is 0 Å². The molecule has 7 atom stereocenters. The van der Waals surface area contributed by atoms with Crippen LogP contribution in [0.25, 0.3) is 0 Å². The summed E-state index contributed by atoms with van der Waals surface area (Å²) in [4.78, 5) is 27.7. The van der Waals surface area contributed by atoms with Crippen LogP contribution in [-0.4, -0.2) is 25.3 Å². The lowest BCUT2D eigenvalue weighted by molar-refractivity contribution is -0.174. The number of allylic oxidation sites excluding steroid dienone is 4. The number of nitrogens with zero attached hydrogens (tertiary/aromatic N) is 1. The van der Waals surface area contributed by atoms with Crippen molar-refractivity contribution < 1.29 is 14.3 Å². The molecule has 3 fully saturated rings. The number of ketones is 2. The largest absolute Gasteiger partial charge is 0.385 e. The fourth-order valence-electron chi connectivity index (χ4n) is 10.5. The summed E-state index contributed by atoms with van der Waals surface area (Å²) in [7, 11) is 1.80. The van der Waals surface area contributed by atoms with Crippen LogP contribution in [0, 0.1) is 61.6 Å². The van der Waals surface area contributed by atoms with Crippen molar-refractivity contribution in [2.75, 3.05) is 13.7 Å². The first-order valence-electron chi connectivity index (χ1n) is 14.6. The molecule has 4 nitrogen and oxygen atoms in total. The quantitative estimate of drug-likeness (QED) is 0.405. The number of fused-ring (bicyclic) bond motifs is 7. The van der Waals surface area contributed by atoms with E-state index in [0.29, 0.717) is 11.7 Å². The Morgan fingerprint density at radius 1 is 1.00 bits per heavy atom. The van der Waals surface area contributed by atoms with E-state index in [9.17, 15) is 14.9 Å². The van der Waals surface area contributed by atoms with Gasteiger partial charge in [-0.1, -0.05) is 60.1 Å². The van der Waals surface area contributed by atoms with Crippen molar-refractivity contribution in [2.45, 2.75) is 99.8 Å². The topological polar surface area (TPSA) is 67.2 Å². The minimum absolute atomic E-state index is 0.0178. The number of rotatable bonds is 3. The summed E-state index contributed by atoms with van der Waals surface area (Å²) >= 11 is 0. The van der Waals surface area contributed by atoms with Crippen molar-refractivity contribution in [3.05, 3.63) is 23.3 Å². The van der Waals surface area contributed by atoms with Crippen LogP contribution < -0.4 is 0 Å². The van der Waals surface area contributed by atoms with Gasteiger partial charge in [0.05, 0.1) is 5.57 Å². The molecule has 0 spiro atoms. The molecular formula is C33H47NO3. The normalized spacial score (nSPS) is 45.9. The van der Waals surface area contributed by atoms with E-state index in [1.807, 2.05) is 26.0 Å². The highest BCUT2D eigenvalue weighted by Gasteiger charge is 2.69. The fraction of sp³-hybridized carbons (Fsp3) is 0.788. The third kappa shape index (κ3) is 3.41. The molecule has 37 heavy (non-hydrogen) atoms. The molecule has 202 valence electrons. The van der Waals surface area contributed by atoms with Crippen LogP contribution in [0.2, 0.25) is 0 Å². The van der Waals surface area contributed by atoms with Gasteiger partial charge in [-0.15, -0.1) is 0 Å². The predicted octanol–water partition coefficient (Wildman–Crippen LogP) is 7.24. The summed E-state index contributed by atoms with van der Waals surface area (Å²) in [5.74, 6) is 0.729. The van der Waals surface area contributed by atoms with Crippen LogP contribution in [0.1, 0.15) is 99.8 Å². The summed E-state index contributed by atoms with van der Waals surface area (Å²) in [5, 5.41) is 9.89. The molecule has 4 heteroatoms. The van der Waals surface area contributed by atoms with Gasteiger partial charge in [0.25, 0.3) is 0 Å². The average Bonchev–Trinajstić information content (AvgIpc) is 2.82. The SMILES string of the molecule is COCC[C@]12CCC(C)(C)CC1C1C(=O)C=C3[C@@]4(C)C=C(C#N)C(=O)C(C)(C)C4CC[C@@]3(C)[C@]1(C)CC2. The number of hydrogen-bond donors (Lipinski definition) is 0. The van der Waals surface area contributed by atoms with Gasteiger partial charge in [-0.25, -0.2) is 0 Å². The lowest BCUT2D eigenvalue weighted by atomic mass is 9.34. The van der Waals surface area contributed by atoms with Crippen molar-refractivity contribution in [1.29, 1.82) is 5.26 Å². The van der Waals surface area contributed by atoms with Crippen LogP contribution in [0.4, 0.5) is 0 Å². The molecule has 3 saturated carbocycles. The van der Waals surface area contributed by atoms with Gasteiger partial charge in [0.15, 0.2) is 11.6 Å². The van der Waals surface area contributed by atoms with Gasteiger partial charge in [0, 0.05) is 30.5 Å². The van der Waals surface area contributed by atoms with E-state index in [0.717, 1.165) is 45.1 Å². The van der Waals surface area contributed by atoms with Crippen LogP contribution >= 0.6 is 0 Å². The van der Waals surface area contributed by atoms with Crippen LogP contribution in [0.15, 0.2) is 23.3 Å². The highest BCUT2D eigenvalue weighted by molar-refractivity contribution is 6.04. The highest BCUT2D eigenvalue weighted by atomic mass is 16.5. The Balaban J connectivity index is 1.67. The Kier molecular flexibility index (Phi) is 5.91. The van der Waals surface area contributed by atoms with E-state index in [-0.39, 0.29) is 44.9 Å². The van der Waals surface area contributed by atoms with Gasteiger partial charge in [-0.05, 0) is 90.9 Å². The zero-order valence-corrected chi connectivity index (χ0v) is 24.4. The van der Waals surface area contributed by atoms with E-state index in [1.165, 1.54) is 18.4 Å². The third-order valence-electron chi connectivity index (χ3n) is 12.8. The Labute approximate surface area is 224 Å². The lowest BCUT2D eigenvalue weighted by Gasteiger charge is -2.69. The monoisotopic (exact) mass is 505 g/mol. The fourth-order valence-corrected chi connectivity index (χ4v) is 10.5. The average molecular weight is 506 g/mol. The first-order valence-corrected chi connectivity index (χ1v) is 14.6. The van der Waals surface area contributed by atoms with Gasteiger partial charge in [0.1, 0.15) is 6.07 Å². The summed E-state index contributed by atoms with van der Waals surface area (Å²) < 4.78 is 5.60. The molecule has 0 aliphatic heterocycles. The van der Waals surface area contributed by atoms with Crippen molar-refractivity contribution in [2.24, 2.45) is 50.2 Å². The number of nitriles is 1. The van der Waals surface area contributed by atoms with Crippen LogP contribution in [0.3, 0.4) is 0 Å². The van der Waals surface area contributed by atoms with Crippen LogP contribution in [0.5, 0.6) is 0 Å². The van der Waals surface area contributed by atoms with Gasteiger partial charge in [0.2, 0.25) is 0 Å². The molecule has 0 radical (unpaired) electrons. The minimum atomic E-state index is -0.618. The van der Waals surface area contributed by atoms with Gasteiger partial charge in [-0.3, -0.25) is 9.59 Å². The predicted molar refractivity (Wildman–Crippen MR) is 145 cm³/mol. The van der Waals surface area contributed by atoms with Gasteiger partial charge in [-0.2, -0.15) is 5.26 Å². The maximum Gasteiger partial charge on any atom is 0.178 e. The van der Waals surface area contributed by atoms with Crippen LogP contribution in [-0.2, 0) is 14.3 Å². The molecule has 5 aliphatic rings. The van der Waals surface area contributed by atoms with E-state index in [2.05, 4.69) is 40.7 Å². The summed E-state index contributed by atoms with van der Waals surface area (Å²) in [5.41, 5.74) is 0.524. The molecule has 0 bridgehead atoms. The molecule has 0 heterocycles. The lowest BCUT2D eigenvalue weighted by Crippen LogP contribution is -2.64. The van der Waals surface area contributed by atoms with Gasteiger partial charge >= 0.3 is 0 Å². The molecule has 3 unspecified atom stereocenters. The number of hydrogen-bond acceptors (Lipinski definition) is 4. The van der Waals surface area contributed by atoms with Crippen molar-refractivity contribution >= 4 is 11.6 Å². The molecule has 0 aromatic carbocycles. The highest BCUT2D eigenvalue weighted by Crippen LogP contribution is 2.74. The third-order valence-corrected chi connectivity index (χ3v) is 12.8. The number of carbonyl (C=O) groups is 2. The molecule has 0 saturated heterocycles. The molecular weight excluding hydrogens is 458 g/mol. The molecule has 0 amide bonds. The standard InChI is InChI=1S/C33H47NO3/c1-28(2)11-13-33(15-16-37-8)14-12-32(7)26(22(33)19-28)23(35)17-25-30(5)18-21(20-34)27(36)29(3,4)24(30)9-10-31(25,32)6/h17-18,22,24,26H,9-16,19H2,1-8H3/t22?,24?,26?,30-,31+,32+,33+/m0/s1. The Morgan fingerprint density at radius 3 is 2.32 bits per heavy atom. The number of methoxy groups -OCH3 is 1. The van der Waals surface area contributed by atoms with Crippen molar-refractivity contribution in [3.8, 4) is 6.07 Å². The number of ether oxygens (including phenoxy) is 1. The number of Topliss-reactive ketones (excluding diaryl/α,β-unsaturated/α-hetero) is 1. The molecule has 0 N–H and O–H groups in total. The molecule has 0 aromatic heterocycles.